The van der Waals surface area contributed by atoms with Crippen molar-refractivity contribution >= 4 is 11.9 Å². The number of benzene rings is 2. The molecule has 1 atom stereocenters. The maximum Gasteiger partial charge on any atom is 0.338 e. The molecule has 1 heterocycles. The van der Waals surface area contributed by atoms with Crippen molar-refractivity contribution in [2.24, 2.45) is 0 Å². The van der Waals surface area contributed by atoms with E-state index in [1.54, 1.807) is 47.3 Å². The number of halogens is 1. The van der Waals surface area contributed by atoms with Crippen LogP contribution in [0.25, 0.3) is 5.69 Å². The molecule has 0 fully saturated rings. The van der Waals surface area contributed by atoms with E-state index < -0.39 is 18.0 Å². The second-order valence-electron chi connectivity index (χ2n) is 6.32. The highest BCUT2D eigenvalue weighted by molar-refractivity contribution is 5.92. The lowest BCUT2D eigenvalue weighted by Crippen LogP contribution is -2.35. The molecule has 0 saturated carbocycles. The molecule has 3 aromatic rings. The Labute approximate surface area is 161 Å². The molecule has 2 aromatic carbocycles. The molecule has 0 spiro atoms. The highest BCUT2D eigenvalue weighted by Gasteiger charge is 2.18. The fourth-order valence-electron chi connectivity index (χ4n) is 2.60. The Balaban J connectivity index is 1.55. The van der Waals surface area contributed by atoms with Gasteiger partial charge in [0.1, 0.15) is 5.82 Å². The third-order valence-electron chi connectivity index (χ3n) is 4.21. The summed E-state index contributed by atoms with van der Waals surface area (Å²) in [6.45, 7) is 3.65. The predicted octanol–water partition coefficient (Wildman–Crippen LogP) is 3.18. The second-order valence-corrected chi connectivity index (χ2v) is 6.32. The number of aromatic nitrogens is 2. The van der Waals surface area contributed by atoms with Crippen LogP contribution in [-0.4, -0.2) is 27.8 Å². The van der Waals surface area contributed by atoms with Crippen LogP contribution in [0.2, 0.25) is 0 Å². The molecular weight excluding hydrogens is 361 g/mol. The number of carbonyl (C=O) groups is 2. The van der Waals surface area contributed by atoms with Gasteiger partial charge in [-0.2, -0.15) is 5.10 Å². The van der Waals surface area contributed by atoms with Gasteiger partial charge in [0.25, 0.3) is 5.91 Å². The summed E-state index contributed by atoms with van der Waals surface area (Å²) < 4.78 is 19.9. The van der Waals surface area contributed by atoms with Crippen LogP contribution in [-0.2, 0) is 16.1 Å². The standard InChI is InChI=1S/C21H20FN3O3/c1-14-11-12-24-25(14)19-9-5-17(6-10-19)21(27)28-15(2)20(26)23-13-16-3-7-18(22)8-4-16/h3-12,15H,13H2,1-2H3,(H,23,26)/t15-/m0/s1. The van der Waals surface area contributed by atoms with Crippen molar-refractivity contribution in [3.8, 4) is 5.69 Å². The molecular formula is C21H20FN3O3. The summed E-state index contributed by atoms with van der Waals surface area (Å²) >= 11 is 0. The van der Waals surface area contributed by atoms with Crippen molar-refractivity contribution < 1.29 is 18.7 Å². The lowest BCUT2D eigenvalue weighted by molar-refractivity contribution is -0.129. The van der Waals surface area contributed by atoms with E-state index in [4.69, 9.17) is 4.74 Å². The zero-order valence-electron chi connectivity index (χ0n) is 15.6. The average molecular weight is 381 g/mol. The SMILES string of the molecule is Cc1ccnn1-c1ccc(C(=O)O[C@@H](C)C(=O)NCc2ccc(F)cc2)cc1. The minimum absolute atomic E-state index is 0.221. The molecule has 1 aromatic heterocycles. The Hall–Kier alpha value is -3.48. The summed E-state index contributed by atoms with van der Waals surface area (Å²) in [5.41, 5.74) is 2.88. The first-order valence-corrected chi connectivity index (χ1v) is 8.78. The maximum absolute atomic E-state index is 12.9. The summed E-state index contributed by atoms with van der Waals surface area (Å²) in [5.74, 6) is -1.36. The summed E-state index contributed by atoms with van der Waals surface area (Å²) in [6.07, 6.45) is 0.741. The molecule has 0 aliphatic carbocycles. The Morgan fingerprint density at radius 1 is 1.11 bits per heavy atom. The van der Waals surface area contributed by atoms with Crippen molar-refractivity contribution in [2.45, 2.75) is 26.5 Å². The first-order chi connectivity index (χ1) is 13.4. The Kier molecular flexibility index (Phi) is 5.84. The molecule has 1 amide bonds. The predicted molar refractivity (Wildman–Crippen MR) is 101 cm³/mol. The van der Waals surface area contributed by atoms with Crippen LogP contribution in [0.4, 0.5) is 4.39 Å². The number of rotatable bonds is 6. The van der Waals surface area contributed by atoms with Crippen LogP contribution in [0.15, 0.2) is 60.8 Å². The molecule has 6 nitrogen and oxygen atoms in total. The molecule has 1 N–H and O–H groups in total. The zero-order valence-corrected chi connectivity index (χ0v) is 15.6. The van der Waals surface area contributed by atoms with Crippen LogP contribution >= 0.6 is 0 Å². The quantitative estimate of drug-likeness (QED) is 0.666. The van der Waals surface area contributed by atoms with Crippen molar-refractivity contribution in [2.75, 3.05) is 0 Å². The van der Waals surface area contributed by atoms with Crippen LogP contribution < -0.4 is 5.32 Å². The molecule has 0 unspecified atom stereocenters. The average Bonchev–Trinajstić information content (AvgIpc) is 3.13. The Bertz CT molecular complexity index is 965. The fourth-order valence-corrected chi connectivity index (χ4v) is 2.60. The van der Waals surface area contributed by atoms with E-state index in [1.807, 2.05) is 13.0 Å². The number of nitrogens with zero attached hydrogens (tertiary/aromatic N) is 2. The van der Waals surface area contributed by atoms with Crippen molar-refractivity contribution in [1.29, 1.82) is 0 Å². The highest BCUT2D eigenvalue weighted by atomic mass is 19.1. The topological polar surface area (TPSA) is 73.2 Å². The first kappa shape index (κ1) is 19.3. The summed E-state index contributed by atoms with van der Waals surface area (Å²) in [6, 6.07) is 14.5. The van der Waals surface area contributed by atoms with E-state index in [2.05, 4.69) is 10.4 Å². The van der Waals surface area contributed by atoms with Gasteiger partial charge >= 0.3 is 5.97 Å². The van der Waals surface area contributed by atoms with Gasteiger partial charge < -0.3 is 10.1 Å². The molecule has 144 valence electrons. The molecule has 0 bridgehead atoms. The number of amides is 1. The van der Waals surface area contributed by atoms with E-state index in [0.29, 0.717) is 5.56 Å². The van der Waals surface area contributed by atoms with Crippen molar-refractivity contribution in [3.05, 3.63) is 83.4 Å². The van der Waals surface area contributed by atoms with E-state index in [-0.39, 0.29) is 12.4 Å². The lowest BCUT2D eigenvalue weighted by atomic mass is 10.2. The number of hydrogen-bond donors (Lipinski definition) is 1. The van der Waals surface area contributed by atoms with E-state index in [1.165, 1.54) is 19.1 Å². The van der Waals surface area contributed by atoms with Gasteiger partial charge in [0.15, 0.2) is 6.10 Å². The molecule has 3 rings (SSSR count). The van der Waals surface area contributed by atoms with Crippen LogP contribution in [0.3, 0.4) is 0 Å². The first-order valence-electron chi connectivity index (χ1n) is 8.78. The smallest absolute Gasteiger partial charge is 0.338 e. The number of aryl methyl sites for hydroxylation is 1. The van der Waals surface area contributed by atoms with Gasteiger partial charge in [-0.15, -0.1) is 0 Å². The van der Waals surface area contributed by atoms with Gasteiger partial charge in [-0.25, -0.2) is 13.9 Å². The largest absolute Gasteiger partial charge is 0.449 e. The number of esters is 1. The fraction of sp³-hybridized carbons (Fsp3) is 0.190. The van der Waals surface area contributed by atoms with Crippen molar-refractivity contribution in [1.82, 2.24) is 15.1 Å². The van der Waals surface area contributed by atoms with Crippen LogP contribution in [0.5, 0.6) is 0 Å². The Morgan fingerprint density at radius 2 is 1.79 bits per heavy atom. The minimum Gasteiger partial charge on any atom is -0.449 e. The number of ether oxygens (including phenoxy) is 1. The molecule has 0 aliphatic rings. The second kappa shape index (κ2) is 8.47. The normalized spacial score (nSPS) is 11.7. The maximum atomic E-state index is 12.9. The van der Waals surface area contributed by atoms with Gasteiger partial charge in [0.05, 0.1) is 11.3 Å². The number of hydrogen-bond acceptors (Lipinski definition) is 4. The van der Waals surface area contributed by atoms with Gasteiger partial charge in [-0.05, 0) is 61.9 Å². The van der Waals surface area contributed by atoms with Gasteiger partial charge in [-0.1, -0.05) is 12.1 Å². The monoisotopic (exact) mass is 381 g/mol. The molecule has 28 heavy (non-hydrogen) atoms. The third-order valence-corrected chi connectivity index (χ3v) is 4.21. The summed E-state index contributed by atoms with van der Waals surface area (Å²) in [4.78, 5) is 24.4. The van der Waals surface area contributed by atoms with Crippen molar-refractivity contribution in [3.63, 3.8) is 0 Å². The van der Waals surface area contributed by atoms with Gasteiger partial charge in [0, 0.05) is 18.4 Å². The van der Waals surface area contributed by atoms with Crippen LogP contribution in [0.1, 0.15) is 28.5 Å². The highest BCUT2D eigenvalue weighted by Crippen LogP contribution is 2.13. The lowest BCUT2D eigenvalue weighted by Gasteiger charge is -2.14. The van der Waals surface area contributed by atoms with E-state index in [9.17, 15) is 14.0 Å². The van der Waals surface area contributed by atoms with Crippen LogP contribution in [0, 0.1) is 12.7 Å². The zero-order chi connectivity index (χ0) is 20.1. The van der Waals surface area contributed by atoms with E-state index in [0.717, 1.165) is 16.9 Å². The van der Waals surface area contributed by atoms with Gasteiger partial charge in [0.2, 0.25) is 0 Å². The molecule has 7 heteroatoms. The molecule has 0 saturated heterocycles. The Morgan fingerprint density at radius 3 is 2.39 bits per heavy atom. The van der Waals surface area contributed by atoms with E-state index >= 15 is 0 Å². The van der Waals surface area contributed by atoms with Gasteiger partial charge in [-0.3, -0.25) is 4.79 Å². The molecule has 0 aliphatic heterocycles. The minimum atomic E-state index is -0.957. The molecule has 0 radical (unpaired) electrons. The summed E-state index contributed by atoms with van der Waals surface area (Å²) in [5, 5.41) is 6.87. The number of nitrogens with one attached hydrogen (secondary N) is 1. The number of carbonyl (C=O) groups excluding carboxylic acids is 2. The summed E-state index contributed by atoms with van der Waals surface area (Å²) in [7, 11) is 0. The third kappa shape index (κ3) is 4.62.